The maximum atomic E-state index is 14.3. The number of hydrogen-bond acceptors (Lipinski definition) is 5. The SMILES string of the molecule is CC(C)(C)OC(=O)NC(=O)[C@H]1C[C@]1(c1cc(Br)ccc1C(=O)OC(C)(C)C)C(F)(F)F. The first kappa shape index (κ1) is 25.2. The number of rotatable bonds is 3. The van der Waals surface area contributed by atoms with Gasteiger partial charge in [-0.15, -0.1) is 0 Å². The van der Waals surface area contributed by atoms with E-state index in [1.807, 2.05) is 5.32 Å². The summed E-state index contributed by atoms with van der Waals surface area (Å²) in [5.41, 5.74) is -5.15. The number of alkyl halides is 3. The highest BCUT2D eigenvalue weighted by Crippen LogP contribution is 2.64. The van der Waals surface area contributed by atoms with Crippen molar-refractivity contribution in [3.63, 3.8) is 0 Å². The molecule has 2 amide bonds. The van der Waals surface area contributed by atoms with Gasteiger partial charge in [0, 0.05) is 4.47 Å². The van der Waals surface area contributed by atoms with E-state index >= 15 is 0 Å². The van der Waals surface area contributed by atoms with Crippen molar-refractivity contribution in [3.8, 4) is 0 Å². The number of ether oxygens (including phenoxy) is 2. The second-order valence-corrected chi connectivity index (χ2v) is 10.3. The monoisotopic (exact) mass is 507 g/mol. The Morgan fingerprint density at radius 3 is 2.06 bits per heavy atom. The first-order valence-electron chi connectivity index (χ1n) is 9.51. The van der Waals surface area contributed by atoms with Gasteiger partial charge >= 0.3 is 18.2 Å². The molecule has 172 valence electrons. The van der Waals surface area contributed by atoms with E-state index < -0.39 is 53.1 Å². The molecule has 2 atom stereocenters. The van der Waals surface area contributed by atoms with Crippen molar-refractivity contribution in [2.24, 2.45) is 5.92 Å². The van der Waals surface area contributed by atoms with Crippen molar-refractivity contribution in [1.29, 1.82) is 0 Å². The molecule has 0 aromatic heterocycles. The number of carbonyl (C=O) groups is 3. The summed E-state index contributed by atoms with van der Waals surface area (Å²) in [6.07, 6.45) is -6.61. The molecule has 1 N–H and O–H groups in total. The lowest BCUT2D eigenvalue weighted by Crippen LogP contribution is -2.41. The predicted molar refractivity (Wildman–Crippen MR) is 110 cm³/mol. The van der Waals surface area contributed by atoms with Gasteiger partial charge in [0.25, 0.3) is 0 Å². The number of hydrogen-bond donors (Lipinski definition) is 1. The fourth-order valence-electron chi connectivity index (χ4n) is 3.23. The molecule has 31 heavy (non-hydrogen) atoms. The minimum Gasteiger partial charge on any atom is -0.456 e. The number of nitrogens with one attached hydrogen (secondary N) is 1. The van der Waals surface area contributed by atoms with Gasteiger partial charge in [-0.25, -0.2) is 9.59 Å². The molecule has 1 saturated carbocycles. The second kappa shape index (κ2) is 8.11. The Labute approximate surface area is 187 Å². The fraction of sp³-hybridized carbons (Fsp3) is 0.571. The summed E-state index contributed by atoms with van der Waals surface area (Å²) >= 11 is 3.13. The molecule has 2 rings (SSSR count). The van der Waals surface area contributed by atoms with E-state index in [-0.39, 0.29) is 11.1 Å². The maximum absolute atomic E-state index is 14.3. The van der Waals surface area contributed by atoms with Crippen LogP contribution in [0.5, 0.6) is 0 Å². The topological polar surface area (TPSA) is 81.7 Å². The van der Waals surface area contributed by atoms with Gasteiger partial charge in [0.05, 0.1) is 11.5 Å². The third-order valence-electron chi connectivity index (χ3n) is 4.49. The van der Waals surface area contributed by atoms with Crippen molar-refractivity contribution in [1.82, 2.24) is 5.32 Å². The Morgan fingerprint density at radius 1 is 1.03 bits per heavy atom. The fourth-order valence-corrected chi connectivity index (χ4v) is 3.59. The zero-order valence-corrected chi connectivity index (χ0v) is 19.7. The molecule has 0 unspecified atom stereocenters. The summed E-state index contributed by atoms with van der Waals surface area (Å²) in [7, 11) is 0. The third-order valence-corrected chi connectivity index (χ3v) is 4.98. The van der Waals surface area contributed by atoms with Crippen LogP contribution in [-0.4, -0.2) is 35.3 Å². The summed E-state index contributed by atoms with van der Waals surface area (Å²) in [6, 6.07) is 3.81. The first-order valence-corrected chi connectivity index (χ1v) is 10.3. The number of imide groups is 1. The summed E-state index contributed by atoms with van der Waals surface area (Å²) in [4.78, 5) is 37.0. The van der Waals surface area contributed by atoms with Gasteiger partial charge in [0.1, 0.15) is 16.6 Å². The van der Waals surface area contributed by atoms with Crippen LogP contribution in [0.2, 0.25) is 0 Å². The standard InChI is InChI=1S/C21H25BrF3NO5/c1-18(2,3)30-16(28)12-8-7-11(22)9-13(12)20(21(23,24)25)10-14(20)15(27)26-17(29)31-19(4,5)6/h7-9,14H,10H2,1-6H3,(H,26,27,29)/t14-,20-/m1/s1. The number of benzene rings is 1. The van der Waals surface area contributed by atoms with Gasteiger partial charge in [0.2, 0.25) is 5.91 Å². The molecule has 6 nitrogen and oxygen atoms in total. The summed E-state index contributed by atoms with van der Waals surface area (Å²) in [6.45, 7) is 9.46. The Morgan fingerprint density at radius 2 is 1.58 bits per heavy atom. The van der Waals surface area contributed by atoms with Gasteiger partial charge in [-0.3, -0.25) is 10.1 Å². The molecule has 0 heterocycles. The zero-order valence-electron chi connectivity index (χ0n) is 18.1. The predicted octanol–water partition coefficient (Wildman–Crippen LogP) is 5.28. The van der Waals surface area contributed by atoms with Crippen molar-refractivity contribution < 1.29 is 37.0 Å². The van der Waals surface area contributed by atoms with Gasteiger partial charge in [-0.2, -0.15) is 13.2 Å². The van der Waals surface area contributed by atoms with Crippen LogP contribution in [0.25, 0.3) is 0 Å². The summed E-state index contributed by atoms with van der Waals surface area (Å²) < 4.78 is 53.3. The van der Waals surface area contributed by atoms with Crippen LogP contribution in [0, 0.1) is 5.92 Å². The van der Waals surface area contributed by atoms with Crippen LogP contribution in [0.15, 0.2) is 22.7 Å². The highest BCUT2D eigenvalue weighted by Gasteiger charge is 2.75. The van der Waals surface area contributed by atoms with Crippen LogP contribution < -0.4 is 5.32 Å². The molecule has 1 aliphatic carbocycles. The summed E-state index contributed by atoms with van der Waals surface area (Å²) in [5, 5.41) is 1.87. The zero-order chi connectivity index (χ0) is 24.0. The molecular formula is C21H25BrF3NO5. The van der Waals surface area contributed by atoms with E-state index in [9.17, 15) is 27.6 Å². The van der Waals surface area contributed by atoms with E-state index in [0.29, 0.717) is 4.47 Å². The molecule has 0 aliphatic heterocycles. The van der Waals surface area contributed by atoms with Crippen LogP contribution >= 0.6 is 15.9 Å². The Bertz CT molecular complexity index is 902. The number of alkyl carbamates (subject to hydrolysis) is 1. The molecule has 1 aromatic carbocycles. The van der Waals surface area contributed by atoms with Gasteiger partial charge in [-0.05, 0) is 71.7 Å². The normalized spacial score (nSPS) is 21.3. The molecular weight excluding hydrogens is 483 g/mol. The maximum Gasteiger partial charge on any atom is 0.414 e. The molecule has 1 aliphatic rings. The van der Waals surface area contributed by atoms with Crippen molar-refractivity contribution in [2.75, 3.05) is 0 Å². The van der Waals surface area contributed by atoms with Crippen molar-refractivity contribution in [2.45, 2.75) is 70.8 Å². The lowest BCUT2D eigenvalue weighted by molar-refractivity contribution is -0.167. The first-order chi connectivity index (χ1) is 13.9. The average Bonchev–Trinajstić information content (AvgIpc) is 3.27. The Kier molecular flexibility index (Phi) is 6.58. The minimum atomic E-state index is -4.86. The number of halogens is 4. The second-order valence-electron chi connectivity index (χ2n) is 9.41. The smallest absolute Gasteiger partial charge is 0.414 e. The van der Waals surface area contributed by atoms with E-state index in [0.717, 1.165) is 6.07 Å². The molecule has 0 radical (unpaired) electrons. The van der Waals surface area contributed by atoms with Crippen LogP contribution in [0.1, 0.15) is 63.9 Å². The van der Waals surface area contributed by atoms with Crippen LogP contribution in [0.4, 0.5) is 18.0 Å². The third kappa shape index (κ3) is 5.78. The lowest BCUT2D eigenvalue weighted by Gasteiger charge is -2.26. The highest BCUT2D eigenvalue weighted by atomic mass is 79.9. The van der Waals surface area contributed by atoms with Gasteiger partial charge in [-0.1, -0.05) is 15.9 Å². The van der Waals surface area contributed by atoms with Gasteiger partial charge < -0.3 is 9.47 Å². The van der Waals surface area contributed by atoms with Crippen molar-refractivity contribution >= 4 is 33.9 Å². The molecule has 1 fully saturated rings. The van der Waals surface area contributed by atoms with Crippen LogP contribution in [-0.2, 0) is 19.7 Å². The average molecular weight is 508 g/mol. The highest BCUT2D eigenvalue weighted by molar-refractivity contribution is 9.10. The van der Waals surface area contributed by atoms with E-state index in [1.54, 1.807) is 41.5 Å². The van der Waals surface area contributed by atoms with Gasteiger partial charge in [0.15, 0.2) is 0 Å². The minimum absolute atomic E-state index is 0.289. The Hall–Kier alpha value is -2.10. The molecule has 0 saturated heterocycles. The molecule has 0 bridgehead atoms. The van der Waals surface area contributed by atoms with E-state index in [4.69, 9.17) is 9.47 Å². The molecule has 10 heteroatoms. The molecule has 0 spiro atoms. The number of carbonyl (C=O) groups excluding carboxylic acids is 3. The van der Waals surface area contributed by atoms with E-state index in [2.05, 4.69) is 15.9 Å². The van der Waals surface area contributed by atoms with Crippen LogP contribution in [0.3, 0.4) is 0 Å². The summed E-state index contributed by atoms with van der Waals surface area (Å²) in [5.74, 6) is -3.66. The lowest BCUT2D eigenvalue weighted by atomic mass is 9.88. The molecule has 1 aromatic rings. The quantitative estimate of drug-likeness (QED) is 0.563. The Balaban J connectivity index is 2.44. The van der Waals surface area contributed by atoms with Crippen molar-refractivity contribution in [3.05, 3.63) is 33.8 Å². The number of amides is 2. The largest absolute Gasteiger partial charge is 0.456 e. The number of esters is 1. The van der Waals surface area contributed by atoms with E-state index in [1.165, 1.54) is 12.1 Å².